The molecule has 1 amide bonds. The van der Waals surface area contributed by atoms with Crippen LogP contribution in [0, 0.1) is 6.92 Å². The van der Waals surface area contributed by atoms with E-state index in [1.165, 1.54) is 6.26 Å². The minimum atomic E-state index is -3.84. The van der Waals surface area contributed by atoms with Gasteiger partial charge in [-0.15, -0.1) is 10.2 Å². The van der Waals surface area contributed by atoms with E-state index < -0.39 is 10.0 Å². The fourth-order valence-corrected chi connectivity index (χ4v) is 3.89. The van der Waals surface area contributed by atoms with E-state index in [4.69, 9.17) is 4.42 Å². The summed E-state index contributed by atoms with van der Waals surface area (Å²) in [7, 11) is -3.84. The van der Waals surface area contributed by atoms with Crippen molar-refractivity contribution in [1.82, 2.24) is 14.9 Å². The SMILES string of the molecule is Cc1cccc(C(=O)Nc2nnc(S(=O)(=O)NCc3ccco3)s2)c1. The number of hydrogen-bond acceptors (Lipinski definition) is 7. The third-order valence-corrected chi connectivity index (χ3v) is 5.76. The zero-order valence-electron chi connectivity index (χ0n) is 13.1. The van der Waals surface area contributed by atoms with Crippen LogP contribution in [0.3, 0.4) is 0 Å². The minimum absolute atomic E-state index is 0.000101. The van der Waals surface area contributed by atoms with E-state index in [9.17, 15) is 13.2 Å². The highest BCUT2D eigenvalue weighted by molar-refractivity contribution is 7.91. The number of furan rings is 1. The third-order valence-electron chi connectivity index (χ3n) is 3.15. The molecule has 0 saturated heterocycles. The van der Waals surface area contributed by atoms with Crippen LogP contribution in [0.1, 0.15) is 21.7 Å². The van der Waals surface area contributed by atoms with Gasteiger partial charge in [0.05, 0.1) is 12.8 Å². The Morgan fingerprint density at radius 1 is 1.24 bits per heavy atom. The van der Waals surface area contributed by atoms with Gasteiger partial charge in [-0.2, -0.15) is 0 Å². The average molecular weight is 378 g/mol. The van der Waals surface area contributed by atoms with E-state index in [2.05, 4.69) is 20.2 Å². The van der Waals surface area contributed by atoms with Crippen molar-refractivity contribution in [2.75, 3.05) is 5.32 Å². The van der Waals surface area contributed by atoms with Gasteiger partial charge in [-0.3, -0.25) is 10.1 Å². The lowest BCUT2D eigenvalue weighted by molar-refractivity contribution is 0.102. The summed E-state index contributed by atoms with van der Waals surface area (Å²) in [5.41, 5.74) is 1.39. The van der Waals surface area contributed by atoms with Crippen LogP contribution in [0.25, 0.3) is 0 Å². The van der Waals surface area contributed by atoms with Crippen LogP contribution < -0.4 is 10.0 Å². The first-order valence-corrected chi connectivity index (χ1v) is 9.47. The second-order valence-electron chi connectivity index (χ2n) is 5.10. The molecule has 2 heterocycles. The van der Waals surface area contributed by atoms with Crippen molar-refractivity contribution in [2.24, 2.45) is 0 Å². The summed E-state index contributed by atoms with van der Waals surface area (Å²) in [6.07, 6.45) is 1.45. The Morgan fingerprint density at radius 2 is 2.08 bits per heavy atom. The first-order chi connectivity index (χ1) is 11.9. The van der Waals surface area contributed by atoms with Crippen LogP contribution in [-0.2, 0) is 16.6 Å². The summed E-state index contributed by atoms with van der Waals surface area (Å²) < 4.78 is 31.6. The number of carbonyl (C=O) groups is 1. The highest BCUT2D eigenvalue weighted by Crippen LogP contribution is 2.21. The fourth-order valence-electron chi connectivity index (χ4n) is 1.97. The van der Waals surface area contributed by atoms with Crippen LogP contribution in [-0.4, -0.2) is 24.5 Å². The van der Waals surface area contributed by atoms with Gasteiger partial charge in [0.1, 0.15) is 5.76 Å². The number of aryl methyl sites for hydroxylation is 1. The molecule has 0 aliphatic rings. The van der Waals surface area contributed by atoms with Crippen LogP contribution >= 0.6 is 11.3 Å². The predicted molar refractivity (Wildman–Crippen MR) is 91.8 cm³/mol. The second-order valence-corrected chi connectivity index (χ2v) is 8.02. The maximum Gasteiger partial charge on any atom is 0.270 e. The predicted octanol–water partition coefficient (Wildman–Crippen LogP) is 2.17. The third kappa shape index (κ3) is 4.29. The van der Waals surface area contributed by atoms with Gasteiger partial charge in [0.25, 0.3) is 15.9 Å². The van der Waals surface area contributed by atoms with Gasteiger partial charge in [0.15, 0.2) is 0 Å². The largest absolute Gasteiger partial charge is 0.468 e. The summed E-state index contributed by atoms with van der Waals surface area (Å²) in [4.78, 5) is 12.2. The lowest BCUT2D eigenvalue weighted by Gasteiger charge is -2.02. The number of amides is 1. The molecule has 0 unspecified atom stereocenters. The Hall–Kier alpha value is -2.56. The molecule has 0 aliphatic carbocycles. The highest BCUT2D eigenvalue weighted by Gasteiger charge is 2.21. The fraction of sp³-hybridized carbons (Fsp3) is 0.133. The van der Waals surface area contributed by atoms with Crippen molar-refractivity contribution in [3.63, 3.8) is 0 Å². The van der Waals surface area contributed by atoms with Crippen LogP contribution in [0.2, 0.25) is 0 Å². The van der Waals surface area contributed by atoms with Gasteiger partial charge in [-0.1, -0.05) is 29.0 Å². The van der Waals surface area contributed by atoms with Crippen molar-refractivity contribution >= 4 is 32.4 Å². The summed E-state index contributed by atoms with van der Waals surface area (Å²) >= 11 is 0.769. The molecule has 0 spiro atoms. The molecule has 0 bridgehead atoms. The van der Waals surface area contributed by atoms with E-state index in [0.29, 0.717) is 11.3 Å². The monoisotopic (exact) mass is 378 g/mol. The topological polar surface area (TPSA) is 114 Å². The van der Waals surface area contributed by atoms with Crippen LogP contribution in [0.4, 0.5) is 5.13 Å². The first-order valence-electron chi connectivity index (χ1n) is 7.17. The molecular weight excluding hydrogens is 364 g/mol. The van der Waals surface area contributed by atoms with E-state index in [1.54, 1.807) is 30.3 Å². The molecule has 8 nitrogen and oxygen atoms in total. The van der Waals surface area contributed by atoms with E-state index in [1.807, 2.05) is 13.0 Å². The molecule has 1 aromatic carbocycles. The number of rotatable bonds is 6. The average Bonchev–Trinajstić information content (AvgIpc) is 3.25. The highest BCUT2D eigenvalue weighted by atomic mass is 32.2. The number of aromatic nitrogens is 2. The normalized spacial score (nSPS) is 11.4. The number of hydrogen-bond donors (Lipinski definition) is 2. The van der Waals surface area contributed by atoms with E-state index in [0.717, 1.165) is 16.9 Å². The Labute approximate surface area is 148 Å². The van der Waals surface area contributed by atoms with E-state index in [-0.39, 0.29) is 21.9 Å². The maximum absolute atomic E-state index is 12.2. The molecule has 10 heteroatoms. The summed E-state index contributed by atoms with van der Waals surface area (Å²) in [6, 6.07) is 10.3. The van der Waals surface area contributed by atoms with Crippen molar-refractivity contribution in [2.45, 2.75) is 17.8 Å². The molecule has 25 heavy (non-hydrogen) atoms. The number of nitrogens with zero attached hydrogens (tertiary/aromatic N) is 2. The van der Waals surface area contributed by atoms with Crippen molar-refractivity contribution < 1.29 is 17.6 Å². The Bertz CT molecular complexity index is 981. The molecule has 130 valence electrons. The Balaban J connectivity index is 1.68. The van der Waals surface area contributed by atoms with Gasteiger partial charge >= 0.3 is 0 Å². The molecule has 2 N–H and O–H groups in total. The molecule has 0 aliphatic heterocycles. The zero-order chi connectivity index (χ0) is 17.9. The Morgan fingerprint density at radius 3 is 2.80 bits per heavy atom. The molecular formula is C15H14N4O4S2. The number of anilines is 1. The summed E-state index contributed by atoms with van der Waals surface area (Å²) in [5.74, 6) is 0.0911. The first kappa shape index (κ1) is 17.3. The quantitative estimate of drug-likeness (QED) is 0.636. The van der Waals surface area contributed by atoms with Gasteiger partial charge in [0.2, 0.25) is 9.47 Å². The number of benzene rings is 1. The van der Waals surface area contributed by atoms with Gasteiger partial charge in [-0.25, -0.2) is 13.1 Å². The van der Waals surface area contributed by atoms with Crippen LogP contribution in [0.15, 0.2) is 51.4 Å². The zero-order valence-corrected chi connectivity index (χ0v) is 14.7. The van der Waals surface area contributed by atoms with Gasteiger partial charge < -0.3 is 4.42 Å². The van der Waals surface area contributed by atoms with Gasteiger partial charge in [0, 0.05) is 5.56 Å². The molecule has 0 saturated carbocycles. The van der Waals surface area contributed by atoms with Crippen molar-refractivity contribution in [3.05, 3.63) is 59.5 Å². The summed E-state index contributed by atoms with van der Waals surface area (Å²) in [5, 5.41) is 9.98. The molecule has 0 atom stereocenters. The number of carbonyl (C=O) groups excluding carboxylic acids is 1. The molecule has 3 rings (SSSR count). The second kappa shape index (κ2) is 7.13. The smallest absolute Gasteiger partial charge is 0.270 e. The van der Waals surface area contributed by atoms with Crippen molar-refractivity contribution in [3.8, 4) is 0 Å². The molecule has 0 fully saturated rings. The Kier molecular flexibility index (Phi) is 4.93. The van der Waals surface area contributed by atoms with Gasteiger partial charge in [-0.05, 0) is 31.2 Å². The molecule has 3 aromatic rings. The number of sulfonamides is 1. The lowest BCUT2D eigenvalue weighted by Crippen LogP contribution is -2.22. The molecule has 0 radical (unpaired) electrons. The van der Waals surface area contributed by atoms with E-state index >= 15 is 0 Å². The van der Waals surface area contributed by atoms with Crippen molar-refractivity contribution in [1.29, 1.82) is 0 Å². The lowest BCUT2D eigenvalue weighted by atomic mass is 10.1. The van der Waals surface area contributed by atoms with Crippen LogP contribution in [0.5, 0.6) is 0 Å². The standard InChI is InChI=1S/C15H14N4O4S2/c1-10-4-2-5-11(8-10)13(20)17-14-18-19-15(24-14)25(21,22)16-9-12-6-3-7-23-12/h2-8,16H,9H2,1H3,(H,17,18,20). The molecule has 2 aromatic heterocycles. The minimum Gasteiger partial charge on any atom is -0.468 e. The maximum atomic E-state index is 12.2. The summed E-state index contributed by atoms with van der Waals surface area (Å²) in [6.45, 7) is 1.87. The number of nitrogens with one attached hydrogen (secondary N) is 2.